The number of amides is 4. The van der Waals surface area contributed by atoms with Gasteiger partial charge in [-0.15, -0.1) is 0 Å². The van der Waals surface area contributed by atoms with E-state index >= 15 is 0 Å². The van der Waals surface area contributed by atoms with E-state index in [1.54, 1.807) is 29.2 Å². The highest BCUT2D eigenvalue weighted by molar-refractivity contribution is 5.98. The number of hydrogen-bond acceptors (Lipinski definition) is 4. The molecule has 0 aromatic heterocycles. The Labute approximate surface area is 172 Å². The molecule has 1 aliphatic rings. The Morgan fingerprint density at radius 3 is 2.23 bits per heavy atom. The topological polar surface area (TPSA) is 108 Å². The van der Waals surface area contributed by atoms with Crippen LogP contribution in [0.25, 0.3) is 0 Å². The second kappa shape index (κ2) is 9.64. The van der Waals surface area contributed by atoms with Crippen molar-refractivity contribution in [3.8, 4) is 0 Å². The molecule has 1 saturated heterocycles. The summed E-state index contributed by atoms with van der Waals surface area (Å²) in [4.78, 5) is 49.2. The molecule has 1 aliphatic heterocycles. The maximum Gasteiger partial charge on any atom is 0.257 e. The Hall–Kier alpha value is -3.75. The predicted octanol–water partition coefficient (Wildman–Crippen LogP) is 1.07. The maximum absolute atomic E-state index is 12.8. The van der Waals surface area contributed by atoms with Crippen LogP contribution in [-0.4, -0.2) is 36.7 Å². The molecule has 9 heteroatoms. The van der Waals surface area contributed by atoms with Gasteiger partial charge in [0.25, 0.3) is 11.8 Å². The highest BCUT2D eigenvalue weighted by Gasteiger charge is 2.21. The Morgan fingerprint density at radius 1 is 0.933 bits per heavy atom. The summed E-state index contributed by atoms with van der Waals surface area (Å²) in [6, 6.07) is 12.0. The highest BCUT2D eigenvalue weighted by atomic mass is 19.1. The van der Waals surface area contributed by atoms with Gasteiger partial charge in [-0.05, 0) is 48.4 Å². The molecule has 0 spiro atoms. The molecule has 1 heterocycles. The molecule has 0 atom stereocenters. The number of halogens is 1. The summed E-state index contributed by atoms with van der Waals surface area (Å²) in [7, 11) is 0. The SMILES string of the molecule is O=C(CNC(=O)c1ccc(N2CCCC2=O)cc1)NNC(=O)Cc1ccc(F)cc1. The molecule has 3 rings (SSSR count). The van der Waals surface area contributed by atoms with Crippen LogP contribution in [0.3, 0.4) is 0 Å². The van der Waals surface area contributed by atoms with Crippen LogP contribution in [0.15, 0.2) is 48.5 Å². The van der Waals surface area contributed by atoms with Gasteiger partial charge in [-0.2, -0.15) is 0 Å². The van der Waals surface area contributed by atoms with E-state index in [0.717, 1.165) is 12.1 Å². The zero-order chi connectivity index (χ0) is 21.5. The van der Waals surface area contributed by atoms with Crippen LogP contribution >= 0.6 is 0 Å². The number of nitrogens with one attached hydrogen (secondary N) is 3. The quantitative estimate of drug-likeness (QED) is 0.617. The average Bonchev–Trinajstić information content (AvgIpc) is 3.18. The van der Waals surface area contributed by atoms with E-state index in [2.05, 4.69) is 16.2 Å². The molecule has 0 radical (unpaired) electrons. The monoisotopic (exact) mass is 412 g/mol. The lowest BCUT2D eigenvalue weighted by Crippen LogP contribution is -2.46. The van der Waals surface area contributed by atoms with Crippen molar-refractivity contribution in [3.05, 3.63) is 65.5 Å². The summed E-state index contributed by atoms with van der Waals surface area (Å²) in [5, 5.41) is 2.45. The van der Waals surface area contributed by atoms with Gasteiger partial charge in [-0.25, -0.2) is 4.39 Å². The summed E-state index contributed by atoms with van der Waals surface area (Å²) in [5.74, 6) is -1.88. The summed E-state index contributed by atoms with van der Waals surface area (Å²) in [6.07, 6.45) is 1.31. The number of hydrazine groups is 1. The Balaban J connectivity index is 1.40. The van der Waals surface area contributed by atoms with E-state index in [1.807, 2.05) is 0 Å². The third-order valence-corrected chi connectivity index (χ3v) is 4.54. The van der Waals surface area contributed by atoms with Crippen molar-refractivity contribution in [1.29, 1.82) is 0 Å². The molecule has 0 unspecified atom stereocenters. The van der Waals surface area contributed by atoms with Gasteiger partial charge in [0, 0.05) is 24.2 Å². The fourth-order valence-corrected chi connectivity index (χ4v) is 2.99. The van der Waals surface area contributed by atoms with Crippen molar-refractivity contribution in [3.63, 3.8) is 0 Å². The number of hydrogen-bond donors (Lipinski definition) is 3. The zero-order valence-electron chi connectivity index (χ0n) is 16.1. The maximum atomic E-state index is 12.8. The lowest BCUT2D eigenvalue weighted by molar-refractivity contribution is -0.128. The van der Waals surface area contributed by atoms with Crippen molar-refractivity contribution < 1.29 is 23.6 Å². The molecular weight excluding hydrogens is 391 g/mol. The number of anilines is 1. The molecule has 30 heavy (non-hydrogen) atoms. The fourth-order valence-electron chi connectivity index (χ4n) is 2.99. The van der Waals surface area contributed by atoms with Crippen LogP contribution in [0, 0.1) is 5.82 Å². The Kier molecular flexibility index (Phi) is 6.74. The van der Waals surface area contributed by atoms with Crippen molar-refractivity contribution in [2.45, 2.75) is 19.3 Å². The molecular formula is C21H21FN4O4. The Morgan fingerprint density at radius 2 is 1.60 bits per heavy atom. The highest BCUT2D eigenvalue weighted by Crippen LogP contribution is 2.21. The minimum atomic E-state index is -0.602. The van der Waals surface area contributed by atoms with Gasteiger partial charge in [-0.1, -0.05) is 12.1 Å². The second-order valence-electron chi connectivity index (χ2n) is 6.78. The second-order valence-corrected chi connectivity index (χ2v) is 6.78. The molecule has 2 aromatic carbocycles. The third kappa shape index (κ3) is 5.63. The first-order valence-electron chi connectivity index (χ1n) is 9.43. The minimum Gasteiger partial charge on any atom is -0.343 e. The molecule has 156 valence electrons. The molecule has 1 fully saturated rings. The number of carbonyl (C=O) groups is 4. The third-order valence-electron chi connectivity index (χ3n) is 4.54. The first-order valence-corrected chi connectivity index (χ1v) is 9.43. The van der Waals surface area contributed by atoms with Gasteiger partial charge in [0.05, 0.1) is 13.0 Å². The van der Waals surface area contributed by atoms with Crippen molar-refractivity contribution in [2.24, 2.45) is 0 Å². The van der Waals surface area contributed by atoms with E-state index < -0.39 is 23.5 Å². The molecule has 8 nitrogen and oxygen atoms in total. The van der Waals surface area contributed by atoms with Crippen LogP contribution in [0.4, 0.5) is 10.1 Å². The number of benzene rings is 2. The molecule has 3 N–H and O–H groups in total. The van der Waals surface area contributed by atoms with Crippen LogP contribution in [0.5, 0.6) is 0 Å². The fraction of sp³-hybridized carbons (Fsp3) is 0.238. The van der Waals surface area contributed by atoms with Crippen LogP contribution in [0.1, 0.15) is 28.8 Å². The molecule has 0 bridgehead atoms. The first-order chi connectivity index (χ1) is 14.4. The largest absolute Gasteiger partial charge is 0.343 e. The van der Waals surface area contributed by atoms with E-state index in [0.29, 0.717) is 24.1 Å². The molecule has 0 saturated carbocycles. The number of nitrogens with zero attached hydrogens (tertiary/aromatic N) is 1. The summed E-state index contributed by atoms with van der Waals surface area (Å²) < 4.78 is 12.8. The predicted molar refractivity (Wildman–Crippen MR) is 107 cm³/mol. The summed E-state index contributed by atoms with van der Waals surface area (Å²) >= 11 is 0. The Bertz CT molecular complexity index is 944. The van der Waals surface area contributed by atoms with Crippen molar-refractivity contribution in [2.75, 3.05) is 18.0 Å². The van der Waals surface area contributed by atoms with Gasteiger partial charge in [0.15, 0.2) is 0 Å². The van der Waals surface area contributed by atoms with Gasteiger partial charge >= 0.3 is 0 Å². The average molecular weight is 412 g/mol. The summed E-state index contributed by atoms with van der Waals surface area (Å²) in [6.45, 7) is 0.333. The van der Waals surface area contributed by atoms with Crippen LogP contribution < -0.4 is 21.1 Å². The van der Waals surface area contributed by atoms with Crippen molar-refractivity contribution >= 4 is 29.3 Å². The molecule has 4 amide bonds. The lowest BCUT2D eigenvalue weighted by Gasteiger charge is -2.15. The molecule has 2 aromatic rings. The standard InChI is InChI=1S/C21H21FN4O4/c22-16-7-3-14(4-8-16)12-18(27)24-25-19(28)13-23-21(30)15-5-9-17(10-6-15)26-11-1-2-20(26)29/h3-10H,1-2,11-13H2,(H,23,30)(H,24,27)(H,25,28). The van der Waals surface area contributed by atoms with Gasteiger partial charge < -0.3 is 10.2 Å². The molecule has 0 aliphatic carbocycles. The number of carbonyl (C=O) groups excluding carboxylic acids is 4. The van der Waals surface area contributed by atoms with E-state index in [9.17, 15) is 23.6 Å². The van der Waals surface area contributed by atoms with Gasteiger partial charge in [0.2, 0.25) is 11.8 Å². The van der Waals surface area contributed by atoms with Gasteiger partial charge in [-0.3, -0.25) is 30.0 Å². The lowest BCUT2D eigenvalue weighted by atomic mass is 10.1. The van der Waals surface area contributed by atoms with Crippen LogP contribution in [-0.2, 0) is 20.8 Å². The van der Waals surface area contributed by atoms with Gasteiger partial charge in [0.1, 0.15) is 5.82 Å². The van der Waals surface area contributed by atoms with E-state index in [4.69, 9.17) is 0 Å². The van der Waals surface area contributed by atoms with Crippen molar-refractivity contribution in [1.82, 2.24) is 16.2 Å². The minimum absolute atomic E-state index is 0.0290. The normalized spacial score (nSPS) is 13.1. The smallest absolute Gasteiger partial charge is 0.257 e. The summed E-state index contributed by atoms with van der Waals surface area (Å²) in [5.41, 5.74) is 6.10. The van der Waals surface area contributed by atoms with E-state index in [1.165, 1.54) is 24.3 Å². The van der Waals surface area contributed by atoms with E-state index in [-0.39, 0.29) is 18.9 Å². The first kappa shape index (κ1) is 21.0. The number of rotatable bonds is 6. The zero-order valence-corrected chi connectivity index (χ0v) is 16.1. The van der Waals surface area contributed by atoms with Crippen LogP contribution in [0.2, 0.25) is 0 Å².